The molecule has 2 aromatic rings. The van der Waals surface area contributed by atoms with Crippen molar-refractivity contribution in [1.82, 2.24) is 0 Å². The summed E-state index contributed by atoms with van der Waals surface area (Å²) in [6.45, 7) is 0. The van der Waals surface area contributed by atoms with Crippen molar-refractivity contribution in [2.45, 2.75) is 0 Å². The second-order valence-electron chi connectivity index (χ2n) is 4.79. The molecule has 0 aliphatic carbocycles. The Bertz CT molecular complexity index is 903. The van der Waals surface area contributed by atoms with Crippen LogP contribution in [0.4, 0.5) is 11.4 Å². The van der Waals surface area contributed by atoms with Crippen LogP contribution in [0.2, 0.25) is 5.02 Å². The second-order valence-corrected chi connectivity index (χ2v) is 5.20. The van der Waals surface area contributed by atoms with Crippen LogP contribution in [0.15, 0.2) is 48.0 Å². The van der Waals surface area contributed by atoms with Gasteiger partial charge < -0.3 is 10.1 Å². The zero-order chi connectivity index (χ0) is 18.4. The molecule has 0 bridgehead atoms. The molecular weight excluding hydrogens is 346 g/mol. The number of nitro groups is 1. The number of carbonyl (C=O) groups is 1. The highest BCUT2D eigenvalue weighted by Crippen LogP contribution is 2.28. The van der Waals surface area contributed by atoms with Gasteiger partial charge in [0, 0.05) is 6.07 Å². The van der Waals surface area contributed by atoms with E-state index in [4.69, 9.17) is 16.3 Å². The minimum absolute atomic E-state index is 0.0844. The normalized spacial score (nSPS) is 10.7. The first-order valence-corrected chi connectivity index (χ1v) is 7.34. The highest BCUT2D eigenvalue weighted by atomic mass is 35.5. The number of hydrogen-bond acceptors (Lipinski definition) is 5. The number of methoxy groups -OCH3 is 1. The highest BCUT2D eigenvalue weighted by molar-refractivity contribution is 6.34. The number of para-hydroxylation sites is 1. The third kappa shape index (κ3) is 4.34. The smallest absolute Gasteiger partial charge is 0.311 e. The van der Waals surface area contributed by atoms with Crippen LogP contribution in [0.3, 0.4) is 0 Å². The summed E-state index contributed by atoms with van der Waals surface area (Å²) in [5.74, 6) is -0.588. The number of hydrogen-bond donors (Lipinski definition) is 1. The van der Waals surface area contributed by atoms with E-state index in [1.165, 1.54) is 31.4 Å². The molecule has 0 saturated heterocycles. The molecule has 0 radical (unpaired) electrons. The summed E-state index contributed by atoms with van der Waals surface area (Å²) in [6.07, 6.45) is 1.25. The molecule has 0 aliphatic rings. The number of rotatable bonds is 5. The molecule has 0 heterocycles. The number of nitrogens with one attached hydrogen (secondary N) is 1. The Balaban J connectivity index is 2.33. The van der Waals surface area contributed by atoms with Crippen molar-refractivity contribution in [2.24, 2.45) is 0 Å². The van der Waals surface area contributed by atoms with Crippen molar-refractivity contribution in [3.05, 3.63) is 68.7 Å². The van der Waals surface area contributed by atoms with Crippen molar-refractivity contribution in [1.29, 1.82) is 5.26 Å². The minimum Gasteiger partial charge on any atom is -0.490 e. The molecule has 0 fully saturated rings. The van der Waals surface area contributed by atoms with Gasteiger partial charge in [0.25, 0.3) is 5.91 Å². The maximum absolute atomic E-state index is 12.2. The van der Waals surface area contributed by atoms with Crippen molar-refractivity contribution < 1.29 is 14.5 Å². The summed E-state index contributed by atoms with van der Waals surface area (Å²) < 4.78 is 4.91. The molecule has 0 unspecified atom stereocenters. The van der Waals surface area contributed by atoms with Crippen molar-refractivity contribution >= 4 is 35.0 Å². The van der Waals surface area contributed by atoms with Crippen LogP contribution < -0.4 is 10.1 Å². The molecule has 7 nitrogen and oxygen atoms in total. The van der Waals surface area contributed by atoms with E-state index in [2.05, 4.69) is 5.32 Å². The van der Waals surface area contributed by atoms with Gasteiger partial charge in [0.2, 0.25) is 0 Å². The first-order valence-electron chi connectivity index (χ1n) is 6.96. The topological polar surface area (TPSA) is 105 Å². The summed E-state index contributed by atoms with van der Waals surface area (Å²) in [7, 11) is 1.32. The van der Waals surface area contributed by atoms with Gasteiger partial charge in [-0.2, -0.15) is 5.26 Å². The molecule has 0 saturated carbocycles. The van der Waals surface area contributed by atoms with E-state index in [0.29, 0.717) is 16.3 Å². The summed E-state index contributed by atoms with van der Waals surface area (Å²) in [5, 5.41) is 23.1. The molecule has 8 heteroatoms. The molecule has 2 rings (SSSR count). The number of nitro benzene ring substituents is 1. The SMILES string of the molecule is COc1ccc(C=C(C#N)C(=O)Nc2ccccc2Cl)cc1[N+](=O)[O-]. The number of amides is 1. The second kappa shape index (κ2) is 7.95. The Morgan fingerprint density at radius 1 is 1.36 bits per heavy atom. The molecule has 1 N–H and O–H groups in total. The van der Waals surface area contributed by atoms with Gasteiger partial charge in [-0.3, -0.25) is 14.9 Å². The van der Waals surface area contributed by atoms with E-state index in [-0.39, 0.29) is 17.0 Å². The fourth-order valence-corrected chi connectivity index (χ4v) is 2.19. The molecular formula is C17H12ClN3O4. The lowest BCUT2D eigenvalue weighted by Gasteiger charge is -2.06. The number of halogens is 1. The van der Waals surface area contributed by atoms with Crippen molar-refractivity contribution in [3.63, 3.8) is 0 Å². The van der Waals surface area contributed by atoms with Gasteiger partial charge in [0.05, 0.1) is 22.7 Å². The van der Waals surface area contributed by atoms with Crippen LogP contribution in [0, 0.1) is 21.4 Å². The Morgan fingerprint density at radius 2 is 2.08 bits per heavy atom. The predicted octanol–water partition coefficient (Wildman–Crippen LogP) is 3.80. The third-order valence-corrected chi connectivity index (χ3v) is 3.53. The summed E-state index contributed by atoms with van der Waals surface area (Å²) >= 11 is 5.96. The van der Waals surface area contributed by atoms with Gasteiger partial charge in [-0.15, -0.1) is 0 Å². The summed E-state index contributed by atoms with van der Waals surface area (Å²) in [5.41, 5.74) is 0.189. The quantitative estimate of drug-likeness (QED) is 0.379. The van der Waals surface area contributed by atoms with Crippen LogP contribution in [0.1, 0.15) is 5.56 Å². The van der Waals surface area contributed by atoms with E-state index in [0.717, 1.165) is 0 Å². The maximum Gasteiger partial charge on any atom is 0.311 e. The zero-order valence-corrected chi connectivity index (χ0v) is 13.8. The molecule has 0 atom stereocenters. The van der Waals surface area contributed by atoms with E-state index in [9.17, 15) is 20.2 Å². The Kier molecular flexibility index (Phi) is 5.71. The monoisotopic (exact) mass is 357 g/mol. The molecule has 1 amide bonds. The van der Waals surface area contributed by atoms with Crippen LogP contribution in [0.25, 0.3) is 6.08 Å². The standard InChI is InChI=1S/C17H12ClN3O4/c1-25-16-7-6-11(9-15(16)21(23)24)8-12(10-19)17(22)20-14-5-3-2-4-13(14)18/h2-9H,1H3,(H,20,22). The molecule has 2 aromatic carbocycles. The lowest BCUT2D eigenvalue weighted by molar-refractivity contribution is -0.385. The largest absolute Gasteiger partial charge is 0.490 e. The first kappa shape index (κ1) is 18.0. The highest BCUT2D eigenvalue weighted by Gasteiger charge is 2.16. The Labute approximate surface area is 148 Å². The molecule has 126 valence electrons. The van der Waals surface area contributed by atoms with Gasteiger partial charge in [-0.05, 0) is 29.8 Å². The third-order valence-electron chi connectivity index (χ3n) is 3.20. The predicted molar refractivity (Wildman–Crippen MR) is 93.3 cm³/mol. The van der Waals surface area contributed by atoms with E-state index in [1.807, 2.05) is 0 Å². The number of anilines is 1. The lowest BCUT2D eigenvalue weighted by Crippen LogP contribution is -2.13. The fraction of sp³-hybridized carbons (Fsp3) is 0.0588. The Hall–Kier alpha value is -3.37. The number of nitriles is 1. The summed E-state index contributed by atoms with van der Waals surface area (Å²) in [4.78, 5) is 22.7. The zero-order valence-electron chi connectivity index (χ0n) is 13.0. The average molecular weight is 358 g/mol. The number of benzene rings is 2. The van der Waals surface area contributed by atoms with Gasteiger partial charge >= 0.3 is 5.69 Å². The number of nitrogens with zero attached hydrogens (tertiary/aromatic N) is 2. The number of carbonyl (C=O) groups excluding carboxylic acids is 1. The van der Waals surface area contributed by atoms with Gasteiger partial charge in [0.15, 0.2) is 5.75 Å². The van der Waals surface area contributed by atoms with Crippen LogP contribution in [-0.4, -0.2) is 17.9 Å². The van der Waals surface area contributed by atoms with E-state index >= 15 is 0 Å². The fourth-order valence-electron chi connectivity index (χ4n) is 2.01. The lowest BCUT2D eigenvalue weighted by atomic mass is 10.1. The van der Waals surface area contributed by atoms with E-state index in [1.54, 1.807) is 30.3 Å². The van der Waals surface area contributed by atoms with Crippen molar-refractivity contribution in [3.8, 4) is 11.8 Å². The maximum atomic E-state index is 12.2. The van der Waals surface area contributed by atoms with Gasteiger partial charge in [0.1, 0.15) is 11.6 Å². The van der Waals surface area contributed by atoms with Gasteiger partial charge in [-0.25, -0.2) is 0 Å². The average Bonchev–Trinajstić information content (AvgIpc) is 2.61. The minimum atomic E-state index is -0.672. The van der Waals surface area contributed by atoms with Crippen LogP contribution >= 0.6 is 11.6 Å². The van der Waals surface area contributed by atoms with Crippen molar-refractivity contribution in [2.75, 3.05) is 12.4 Å². The van der Waals surface area contributed by atoms with E-state index < -0.39 is 10.8 Å². The first-order chi connectivity index (χ1) is 12.0. The van der Waals surface area contributed by atoms with Crippen LogP contribution in [0.5, 0.6) is 5.75 Å². The Morgan fingerprint density at radius 3 is 2.68 bits per heavy atom. The molecule has 25 heavy (non-hydrogen) atoms. The molecule has 0 aliphatic heterocycles. The summed E-state index contributed by atoms with van der Waals surface area (Å²) in [6, 6.07) is 12.5. The number of ether oxygens (including phenoxy) is 1. The molecule has 0 aromatic heterocycles. The molecule has 0 spiro atoms. The van der Waals surface area contributed by atoms with Gasteiger partial charge in [-0.1, -0.05) is 29.8 Å². The van der Waals surface area contributed by atoms with Crippen LogP contribution in [-0.2, 0) is 4.79 Å².